The van der Waals surface area contributed by atoms with Crippen LogP contribution in [-0.4, -0.2) is 53.2 Å². The van der Waals surface area contributed by atoms with Crippen LogP contribution in [0.4, 0.5) is 5.69 Å². The number of hydrogen-bond donors (Lipinski definition) is 0. The summed E-state index contributed by atoms with van der Waals surface area (Å²) in [7, 11) is 1.47. The first-order chi connectivity index (χ1) is 15.8. The molecule has 172 valence electrons. The highest BCUT2D eigenvalue weighted by molar-refractivity contribution is 6.34. The lowest BCUT2D eigenvalue weighted by atomic mass is 10.3. The number of methoxy groups -OCH3 is 1. The van der Waals surface area contributed by atoms with Crippen molar-refractivity contribution in [2.45, 2.75) is 26.8 Å². The van der Waals surface area contributed by atoms with Gasteiger partial charge in [-0.25, -0.2) is 19.3 Å². The number of aromatic nitrogens is 7. The Hall–Kier alpha value is -3.51. The van der Waals surface area contributed by atoms with Gasteiger partial charge in [-0.2, -0.15) is 10.1 Å². The molecule has 0 aliphatic rings. The lowest BCUT2D eigenvalue weighted by Crippen LogP contribution is -2.08. The molecule has 0 N–H and O–H groups in total. The van der Waals surface area contributed by atoms with Crippen LogP contribution in [-0.2, 0) is 6.54 Å². The van der Waals surface area contributed by atoms with Gasteiger partial charge in [0.2, 0.25) is 11.2 Å². The van der Waals surface area contributed by atoms with E-state index in [0.29, 0.717) is 35.6 Å². The van der Waals surface area contributed by atoms with Crippen molar-refractivity contribution < 1.29 is 14.4 Å². The van der Waals surface area contributed by atoms with Gasteiger partial charge < -0.3 is 9.47 Å². The van der Waals surface area contributed by atoms with E-state index >= 15 is 0 Å². The second kappa shape index (κ2) is 9.16. The summed E-state index contributed by atoms with van der Waals surface area (Å²) in [6, 6.07) is 3.49. The summed E-state index contributed by atoms with van der Waals surface area (Å²) >= 11 is 12.0. The maximum atomic E-state index is 11.7. The van der Waals surface area contributed by atoms with E-state index in [9.17, 15) is 10.1 Å². The predicted molar refractivity (Wildman–Crippen MR) is 119 cm³/mol. The molecule has 0 radical (unpaired) electrons. The number of hydrogen-bond acceptors (Lipinski definition) is 9. The van der Waals surface area contributed by atoms with Crippen LogP contribution in [0.3, 0.4) is 0 Å². The number of ether oxygens (including phenoxy) is 2. The van der Waals surface area contributed by atoms with E-state index in [4.69, 9.17) is 32.7 Å². The normalized spacial score (nSPS) is 11.2. The topological polar surface area (TPSA) is 136 Å². The summed E-state index contributed by atoms with van der Waals surface area (Å²) in [4.78, 5) is 23.5. The van der Waals surface area contributed by atoms with E-state index in [1.807, 2.05) is 6.92 Å². The molecule has 0 amide bonds. The smallest absolute Gasteiger partial charge is 0.353 e. The molecule has 0 saturated heterocycles. The third kappa shape index (κ3) is 4.39. The van der Waals surface area contributed by atoms with E-state index in [1.54, 1.807) is 23.7 Å². The lowest BCUT2D eigenvalue weighted by Gasteiger charge is -2.09. The molecule has 4 rings (SSSR count). The summed E-state index contributed by atoms with van der Waals surface area (Å²) < 4.78 is 14.0. The van der Waals surface area contributed by atoms with Crippen molar-refractivity contribution in [3.8, 4) is 17.4 Å². The van der Waals surface area contributed by atoms with E-state index in [2.05, 4.69) is 25.1 Å². The van der Waals surface area contributed by atoms with E-state index in [-0.39, 0.29) is 34.3 Å². The van der Waals surface area contributed by atoms with Crippen LogP contribution in [0.15, 0.2) is 18.3 Å². The molecule has 0 saturated carbocycles. The minimum absolute atomic E-state index is 0.0780. The zero-order valence-electron chi connectivity index (χ0n) is 17.8. The number of halogens is 2. The monoisotopic (exact) mass is 492 g/mol. The standard InChI is InChI=1S/C19H18Cl2N8O4/c1-10-5-6-13(17(23-10)32-3)28-11(2)14(29(30)31)18(26-28)33-8-4-7-27-16-12(15(20)25-27)9-22-19(21)24-16/h5-6,9H,4,7-8H2,1-3H3. The molecule has 4 aromatic heterocycles. The fourth-order valence-electron chi connectivity index (χ4n) is 3.29. The van der Waals surface area contributed by atoms with Crippen LogP contribution in [0.25, 0.3) is 16.7 Å². The van der Waals surface area contributed by atoms with Gasteiger partial charge in [-0.05, 0) is 37.6 Å². The highest BCUT2D eigenvalue weighted by Crippen LogP contribution is 2.33. The minimum Gasteiger partial charge on any atom is -0.479 e. The Bertz CT molecular complexity index is 1350. The molecule has 0 unspecified atom stereocenters. The summed E-state index contributed by atoms with van der Waals surface area (Å²) in [5, 5.41) is 21.1. The summed E-state index contributed by atoms with van der Waals surface area (Å²) in [6.45, 7) is 3.92. The Labute approximate surface area is 197 Å². The van der Waals surface area contributed by atoms with Crippen LogP contribution >= 0.6 is 23.2 Å². The predicted octanol–water partition coefficient (Wildman–Crippen LogP) is 3.72. The molecule has 0 aromatic carbocycles. The molecule has 0 fully saturated rings. The summed E-state index contributed by atoms with van der Waals surface area (Å²) in [6.07, 6.45) is 1.95. The maximum absolute atomic E-state index is 11.7. The van der Waals surface area contributed by atoms with Gasteiger partial charge in [0.05, 0.1) is 24.0 Å². The van der Waals surface area contributed by atoms with Crippen molar-refractivity contribution in [1.29, 1.82) is 0 Å². The molecule has 0 spiro atoms. The van der Waals surface area contributed by atoms with Gasteiger partial charge in [0.1, 0.15) is 11.4 Å². The molecule has 0 bridgehead atoms. The Morgan fingerprint density at radius 1 is 1.15 bits per heavy atom. The van der Waals surface area contributed by atoms with Crippen LogP contribution in [0.2, 0.25) is 10.4 Å². The van der Waals surface area contributed by atoms with Crippen molar-refractivity contribution in [2.75, 3.05) is 13.7 Å². The Morgan fingerprint density at radius 2 is 1.94 bits per heavy atom. The second-order valence-electron chi connectivity index (χ2n) is 6.98. The van der Waals surface area contributed by atoms with Crippen molar-refractivity contribution >= 4 is 39.9 Å². The molecule has 14 heteroatoms. The highest BCUT2D eigenvalue weighted by atomic mass is 35.5. The Balaban J connectivity index is 1.54. The Morgan fingerprint density at radius 3 is 2.67 bits per heavy atom. The molecule has 0 aliphatic heterocycles. The number of nitro groups is 1. The number of aryl methyl sites for hydroxylation is 2. The summed E-state index contributed by atoms with van der Waals surface area (Å²) in [5.74, 6) is 0.194. The fourth-order valence-corrected chi connectivity index (χ4v) is 3.64. The van der Waals surface area contributed by atoms with Crippen molar-refractivity contribution in [3.63, 3.8) is 0 Å². The van der Waals surface area contributed by atoms with Crippen LogP contribution < -0.4 is 9.47 Å². The molecule has 0 aliphatic carbocycles. The van der Waals surface area contributed by atoms with E-state index < -0.39 is 4.92 Å². The number of rotatable bonds is 8. The fraction of sp³-hybridized carbons (Fsp3) is 0.316. The van der Waals surface area contributed by atoms with Gasteiger partial charge >= 0.3 is 11.6 Å². The molecule has 33 heavy (non-hydrogen) atoms. The first-order valence-electron chi connectivity index (χ1n) is 9.73. The molecular weight excluding hydrogens is 475 g/mol. The van der Waals surface area contributed by atoms with Gasteiger partial charge in [-0.15, -0.1) is 5.10 Å². The maximum Gasteiger partial charge on any atom is 0.353 e. The van der Waals surface area contributed by atoms with Gasteiger partial charge in [-0.1, -0.05) is 11.6 Å². The quantitative estimate of drug-likeness (QED) is 0.156. The average molecular weight is 493 g/mol. The summed E-state index contributed by atoms with van der Waals surface area (Å²) in [5.41, 5.74) is 1.75. The largest absolute Gasteiger partial charge is 0.479 e. The lowest BCUT2D eigenvalue weighted by molar-refractivity contribution is -0.386. The molecule has 12 nitrogen and oxygen atoms in total. The van der Waals surface area contributed by atoms with Gasteiger partial charge in [0.25, 0.3) is 0 Å². The minimum atomic E-state index is -0.526. The molecular formula is C19H18Cl2N8O4. The average Bonchev–Trinajstić information content (AvgIpc) is 3.27. The third-order valence-corrected chi connectivity index (χ3v) is 5.27. The highest BCUT2D eigenvalue weighted by Gasteiger charge is 2.28. The zero-order valence-corrected chi connectivity index (χ0v) is 19.3. The number of fused-ring (bicyclic) bond motifs is 1. The second-order valence-corrected chi connectivity index (χ2v) is 7.68. The third-order valence-electron chi connectivity index (χ3n) is 4.80. The van der Waals surface area contributed by atoms with E-state index in [0.717, 1.165) is 5.69 Å². The first kappa shape index (κ1) is 22.7. The number of pyridine rings is 1. The SMILES string of the molecule is COc1nc(C)ccc1-n1nc(OCCCn2nc(Cl)c3cnc(Cl)nc32)c([N+](=O)[O-])c1C. The van der Waals surface area contributed by atoms with Crippen LogP contribution in [0.5, 0.6) is 11.8 Å². The van der Waals surface area contributed by atoms with Crippen molar-refractivity contribution in [2.24, 2.45) is 0 Å². The van der Waals surface area contributed by atoms with Gasteiger partial charge in [-0.3, -0.25) is 10.1 Å². The Kier molecular flexibility index (Phi) is 6.29. The first-order valence-corrected chi connectivity index (χ1v) is 10.5. The van der Waals surface area contributed by atoms with Crippen LogP contribution in [0, 0.1) is 24.0 Å². The van der Waals surface area contributed by atoms with Gasteiger partial charge in [0.15, 0.2) is 10.8 Å². The van der Waals surface area contributed by atoms with E-state index in [1.165, 1.54) is 18.0 Å². The molecule has 0 atom stereocenters. The number of nitrogens with zero attached hydrogens (tertiary/aromatic N) is 8. The van der Waals surface area contributed by atoms with Gasteiger partial charge in [0, 0.05) is 24.9 Å². The van der Waals surface area contributed by atoms with Crippen molar-refractivity contribution in [1.82, 2.24) is 34.5 Å². The molecule has 4 aromatic rings. The molecule has 4 heterocycles. The van der Waals surface area contributed by atoms with Crippen molar-refractivity contribution in [3.05, 3.63) is 50.3 Å². The van der Waals surface area contributed by atoms with Crippen LogP contribution in [0.1, 0.15) is 17.8 Å². The zero-order chi connectivity index (χ0) is 23.7.